The molecular formula is C10H15NO4. The van der Waals surface area contributed by atoms with Crippen LogP contribution in [0.25, 0.3) is 0 Å². The lowest BCUT2D eigenvalue weighted by Crippen LogP contribution is -2.05. The molecule has 15 heavy (non-hydrogen) atoms. The first kappa shape index (κ1) is 11.7. The zero-order valence-electron chi connectivity index (χ0n) is 9.31. The van der Waals surface area contributed by atoms with Crippen molar-refractivity contribution in [3.63, 3.8) is 0 Å². The van der Waals surface area contributed by atoms with Crippen molar-refractivity contribution in [1.82, 2.24) is 4.98 Å². The van der Waals surface area contributed by atoms with E-state index in [9.17, 15) is 0 Å². The molecule has 0 saturated carbocycles. The average Bonchev–Trinajstić information content (AvgIpc) is 2.30. The van der Waals surface area contributed by atoms with Crippen molar-refractivity contribution in [3.05, 3.63) is 17.8 Å². The highest BCUT2D eigenvalue weighted by atomic mass is 16.7. The van der Waals surface area contributed by atoms with Crippen LogP contribution in [0.3, 0.4) is 0 Å². The molecule has 5 nitrogen and oxygen atoms in total. The van der Waals surface area contributed by atoms with Crippen molar-refractivity contribution in [2.24, 2.45) is 0 Å². The first-order valence-electron chi connectivity index (χ1n) is 4.40. The van der Waals surface area contributed by atoms with Crippen LogP contribution in [-0.2, 0) is 9.47 Å². The summed E-state index contributed by atoms with van der Waals surface area (Å²) < 4.78 is 20.3. The average molecular weight is 213 g/mol. The molecule has 1 rings (SSSR count). The quantitative estimate of drug-likeness (QED) is 0.692. The molecule has 1 aromatic heterocycles. The van der Waals surface area contributed by atoms with E-state index in [1.807, 2.05) is 0 Å². The molecule has 0 fully saturated rings. The fourth-order valence-corrected chi connectivity index (χ4v) is 1.24. The van der Waals surface area contributed by atoms with E-state index in [0.29, 0.717) is 11.6 Å². The summed E-state index contributed by atoms with van der Waals surface area (Å²) in [5.74, 6) is 0.987. The highest BCUT2D eigenvalue weighted by Gasteiger charge is 2.13. The third-order valence-electron chi connectivity index (χ3n) is 1.95. The van der Waals surface area contributed by atoms with Gasteiger partial charge in [-0.05, 0) is 6.07 Å². The number of rotatable bonds is 5. The van der Waals surface area contributed by atoms with Crippen LogP contribution in [0.5, 0.6) is 11.6 Å². The molecule has 0 bridgehead atoms. The molecule has 0 aliphatic carbocycles. The second-order valence-electron chi connectivity index (χ2n) is 2.78. The highest BCUT2D eigenvalue weighted by molar-refractivity contribution is 5.36. The summed E-state index contributed by atoms with van der Waals surface area (Å²) in [7, 11) is 6.21. The predicted octanol–water partition coefficient (Wildman–Crippen LogP) is 1.39. The second-order valence-corrected chi connectivity index (χ2v) is 2.78. The molecule has 0 aromatic carbocycles. The van der Waals surface area contributed by atoms with Gasteiger partial charge in [-0.3, -0.25) is 0 Å². The molecule has 0 spiro atoms. The monoisotopic (exact) mass is 213 g/mol. The van der Waals surface area contributed by atoms with Crippen LogP contribution in [0.2, 0.25) is 0 Å². The Morgan fingerprint density at radius 2 is 1.73 bits per heavy atom. The highest BCUT2D eigenvalue weighted by Crippen LogP contribution is 2.28. The first-order valence-corrected chi connectivity index (χ1v) is 4.40. The van der Waals surface area contributed by atoms with Gasteiger partial charge in [0.2, 0.25) is 0 Å². The van der Waals surface area contributed by atoms with Gasteiger partial charge >= 0.3 is 0 Å². The minimum atomic E-state index is -0.447. The SMILES string of the molecule is COc1cc(C(OC)OC)cnc1OC. The number of methoxy groups -OCH3 is 4. The maximum absolute atomic E-state index is 5.12. The Hall–Kier alpha value is -1.33. The van der Waals surface area contributed by atoms with Crippen LogP contribution in [0.15, 0.2) is 12.3 Å². The molecule has 5 heteroatoms. The van der Waals surface area contributed by atoms with Crippen molar-refractivity contribution >= 4 is 0 Å². The molecule has 1 heterocycles. The molecule has 0 aliphatic heterocycles. The van der Waals surface area contributed by atoms with E-state index in [-0.39, 0.29) is 0 Å². The standard InChI is InChI=1S/C10H15NO4/c1-12-8-5-7(10(14-3)15-4)6-11-9(8)13-2/h5-6,10H,1-4H3. The van der Waals surface area contributed by atoms with Gasteiger partial charge in [-0.15, -0.1) is 0 Å². The van der Waals surface area contributed by atoms with Gasteiger partial charge in [0, 0.05) is 26.0 Å². The van der Waals surface area contributed by atoms with E-state index >= 15 is 0 Å². The Bertz CT molecular complexity index is 312. The minimum absolute atomic E-state index is 0.437. The molecular weight excluding hydrogens is 198 g/mol. The second kappa shape index (κ2) is 5.53. The normalized spacial score (nSPS) is 10.5. The number of ether oxygens (including phenoxy) is 4. The van der Waals surface area contributed by atoms with Crippen LogP contribution in [0.4, 0.5) is 0 Å². The van der Waals surface area contributed by atoms with E-state index in [4.69, 9.17) is 18.9 Å². The fourth-order valence-electron chi connectivity index (χ4n) is 1.24. The summed E-state index contributed by atoms with van der Waals surface area (Å²) >= 11 is 0. The van der Waals surface area contributed by atoms with Gasteiger partial charge in [-0.25, -0.2) is 4.98 Å². The maximum Gasteiger partial charge on any atom is 0.256 e. The van der Waals surface area contributed by atoms with Crippen LogP contribution in [0, 0.1) is 0 Å². The fraction of sp³-hybridized carbons (Fsp3) is 0.500. The number of hydrogen-bond donors (Lipinski definition) is 0. The van der Waals surface area contributed by atoms with Crippen molar-refractivity contribution in [3.8, 4) is 11.6 Å². The van der Waals surface area contributed by atoms with Crippen LogP contribution in [-0.4, -0.2) is 33.4 Å². The molecule has 0 N–H and O–H groups in total. The van der Waals surface area contributed by atoms with Gasteiger partial charge in [0.1, 0.15) is 0 Å². The lowest BCUT2D eigenvalue weighted by atomic mass is 10.2. The number of pyridine rings is 1. The topological polar surface area (TPSA) is 49.8 Å². The van der Waals surface area contributed by atoms with E-state index in [2.05, 4.69) is 4.98 Å². The Kier molecular flexibility index (Phi) is 4.33. The summed E-state index contributed by atoms with van der Waals surface area (Å²) in [6, 6.07) is 1.77. The molecule has 84 valence electrons. The number of hydrogen-bond acceptors (Lipinski definition) is 5. The maximum atomic E-state index is 5.12. The molecule has 0 atom stereocenters. The molecule has 0 aliphatic rings. The van der Waals surface area contributed by atoms with Crippen molar-refractivity contribution in [1.29, 1.82) is 0 Å². The summed E-state index contributed by atoms with van der Waals surface area (Å²) in [6.07, 6.45) is 1.18. The molecule has 0 radical (unpaired) electrons. The number of nitrogens with zero attached hydrogens (tertiary/aromatic N) is 1. The van der Waals surface area contributed by atoms with Crippen molar-refractivity contribution in [2.45, 2.75) is 6.29 Å². The van der Waals surface area contributed by atoms with E-state index in [1.165, 1.54) is 7.11 Å². The molecule has 0 amide bonds. The van der Waals surface area contributed by atoms with E-state index < -0.39 is 6.29 Å². The summed E-state index contributed by atoms with van der Waals surface area (Å²) in [5.41, 5.74) is 0.776. The van der Waals surface area contributed by atoms with E-state index in [0.717, 1.165) is 5.56 Å². The Balaban J connectivity index is 3.01. The predicted molar refractivity (Wildman–Crippen MR) is 54.1 cm³/mol. The zero-order valence-corrected chi connectivity index (χ0v) is 9.31. The van der Waals surface area contributed by atoms with Crippen LogP contribution in [0.1, 0.15) is 11.9 Å². The van der Waals surface area contributed by atoms with E-state index in [1.54, 1.807) is 33.6 Å². The first-order chi connectivity index (χ1) is 7.26. The third-order valence-corrected chi connectivity index (χ3v) is 1.95. The lowest BCUT2D eigenvalue weighted by molar-refractivity contribution is -0.106. The van der Waals surface area contributed by atoms with Gasteiger partial charge in [0.05, 0.1) is 14.2 Å². The molecule has 1 aromatic rings. The van der Waals surface area contributed by atoms with Gasteiger partial charge in [-0.2, -0.15) is 0 Å². The Morgan fingerprint density at radius 1 is 1.07 bits per heavy atom. The van der Waals surface area contributed by atoms with Gasteiger partial charge in [-0.1, -0.05) is 0 Å². The Morgan fingerprint density at radius 3 is 2.20 bits per heavy atom. The number of aromatic nitrogens is 1. The molecule has 0 unspecified atom stereocenters. The summed E-state index contributed by atoms with van der Waals surface area (Å²) in [5, 5.41) is 0. The minimum Gasteiger partial charge on any atom is -0.491 e. The zero-order chi connectivity index (χ0) is 11.3. The van der Waals surface area contributed by atoms with Crippen molar-refractivity contribution in [2.75, 3.05) is 28.4 Å². The molecule has 0 saturated heterocycles. The van der Waals surface area contributed by atoms with Crippen molar-refractivity contribution < 1.29 is 18.9 Å². The van der Waals surface area contributed by atoms with Gasteiger partial charge < -0.3 is 18.9 Å². The van der Waals surface area contributed by atoms with Gasteiger partial charge in [0.15, 0.2) is 12.0 Å². The van der Waals surface area contributed by atoms with Crippen LogP contribution < -0.4 is 9.47 Å². The largest absolute Gasteiger partial charge is 0.491 e. The third kappa shape index (κ3) is 2.57. The lowest BCUT2D eigenvalue weighted by Gasteiger charge is -2.14. The van der Waals surface area contributed by atoms with Gasteiger partial charge in [0.25, 0.3) is 5.88 Å². The van der Waals surface area contributed by atoms with Crippen LogP contribution >= 0.6 is 0 Å². The Labute approximate surface area is 88.9 Å². The smallest absolute Gasteiger partial charge is 0.256 e. The summed E-state index contributed by atoms with van der Waals surface area (Å²) in [4.78, 5) is 4.08. The summed E-state index contributed by atoms with van der Waals surface area (Å²) in [6.45, 7) is 0.